The summed E-state index contributed by atoms with van der Waals surface area (Å²) in [5, 5.41) is 5.64. The Kier molecular flexibility index (Phi) is 12.6. The highest BCUT2D eigenvalue weighted by Crippen LogP contribution is 2.44. The predicted octanol–water partition coefficient (Wildman–Crippen LogP) is 6.92. The standard InChI is InChI=1S/C34H42O3P2Si/c1-4-35-40(36-5-2,37-6-3)29-30(27-38(31-19-11-7-12-20-31)32-21-13-8-14-22-32)28-39(33-23-15-9-16-24-33)34-25-17-10-18-26-34/h7-26,30H,4-6,27-29H2,1-3H3. The predicted molar refractivity (Wildman–Crippen MR) is 177 cm³/mol. The third kappa shape index (κ3) is 8.67. The fraction of sp³-hybridized carbons (Fsp3) is 0.294. The molecule has 0 aliphatic carbocycles. The van der Waals surface area contributed by atoms with Crippen molar-refractivity contribution in [1.82, 2.24) is 0 Å². The average Bonchev–Trinajstić information content (AvgIpc) is 3.00. The molecule has 0 aliphatic heterocycles. The monoisotopic (exact) mass is 588 g/mol. The summed E-state index contributed by atoms with van der Waals surface area (Å²) >= 11 is 0. The van der Waals surface area contributed by atoms with Gasteiger partial charge in [0, 0.05) is 25.9 Å². The molecule has 0 fully saturated rings. The molecule has 0 atom stereocenters. The second-order valence-corrected chi connectivity index (χ2v) is 16.8. The van der Waals surface area contributed by atoms with Crippen molar-refractivity contribution >= 4 is 45.9 Å². The van der Waals surface area contributed by atoms with Gasteiger partial charge in [-0.15, -0.1) is 0 Å². The molecule has 210 valence electrons. The van der Waals surface area contributed by atoms with Crippen LogP contribution in [-0.2, 0) is 13.3 Å². The van der Waals surface area contributed by atoms with Crippen LogP contribution < -0.4 is 21.2 Å². The smallest absolute Gasteiger partial charge is 0.374 e. The Morgan fingerprint density at radius 1 is 0.475 bits per heavy atom. The fourth-order valence-corrected chi connectivity index (χ4v) is 13.9. The summed E-state index contributed by atoms with van der Waals surface area (Å²) in [7, 11) is -4.02. The molecular weight excluding hydrogens is 546 g/mol. The molecule has 0 spiro atoms. The van der Waals surface area contributed by atoms with Crippen LogP contribution in [0.25, 0.3) is 0 Å². The second kappa shape index (κ2) is 16.3. The molecule has 3 nitrogen and oxygen atoms in total. The van der Waals surface area contributed by atoms with Gasteiger partial charge in [0.05, 0.1) is 0 Å². The van der Waals surface area contributed by atoms with Gasteiger partial charge < -0.3 is 13.3 Å². The molecule has 0 amide bonds. The van der Waals surface area contributed by atoms with Crippen molar-refractivity contribution in [1.29, 1.82) is 0 Å². The van der Waals surface area contributed by atoms with Gasteiger partial charge in [-0.05, 0) is 76.1 Å². The molecular formula is C34H42O3P2Si. The second-order valence-electron chi connectivity index (χ2n) is 9.62. The number of hydrogen-bond donors (Lipinski definition) is 0. The molecule has 0 aliphatic rings. The van der Waals surface area contributed by atoms with Crippen molar-refractivity contribution in [2.45, 2.75) is 26.8 Å². The molecule has 0 aromatic heterocycles. The van der Waals surface area contributed by atoms with Gasteiger partial charge in [-0.3, -0.25) is 0 Å². The lowest BCUT2D eigenvalue weighted by Crippen LogP contribution is -2.48. The molecule has 40 heavy (non-hydrogen) atoms. The Labute approximate surface area is 244 Å². The lowest BCUT2D eigenvalue weighted by atomic mass is 10.3. The summed E-state index contributed by atoms with van der Waals surface area (Å²) in [6, 6.07) is 45.0. The lowest BCUT2D eigenvalue weighted by Gasteiger charge is -2.35. The maximum absolute atomic E-state index is 6.44. The van der Waals surface area contributed by atoms with Crippen LogP contribution in [0.3, 0.4) is 0 Å². The molecule has 4 rings (SSSR count). The quantitative estimate of drug-likeness (QED) is 0.105. The van der Waals surface area contributed by atoms with Crippen molar-refractivity contribution < 1.29 is 13.3 Å². The SMILES string of the molecule is CCO[Si](CC(CP(c1ccccc1)c1ccccc1)CP(c1ccccc1)c1ccccc1)(OCC)OCC. The van der Waals surface area contributed by atoms with E-state index in [1.165, 1.54) is 21.2 Å². The van der Waals surface area contributed by atoms with E-state index in [2.05, 4.69) is 142 Å². The van der Waals surface area contributed by atoms with Crippen LogP contribution >= 0.6 is 15.8 Å². The van der Waals surface area contributed by atoms with Crippen LogP contribution in [0.1, 0.15) is 20.8 Å². The zero-order valence-corrected chi connectivity index (χ0v) is 26.8. The minimum Gasteiger partial charge on any atom is -0.374 e. The maximum Gasteiger partial charge on any atom is 0.501 e. The molecule has 0 bridgehead atoms. The highest BCUT2D eigenvalue weighted by Gasteiger charge is 2.44. The van der Waals surface area contributed by atoms with Gasteiger partial charge in [0.2, 0.25) is 0 Å². The highest BCUT2D eigenvalue weighted by atomic mass is 31.1. The number of hydrogen-bond acceptors (Lipinski definition) is 3. The fourth-order valence-electron chi connectivity index (χ4n) is 5.17. The Balaban J connectivity index is 1.77. The van der Waals surface area contributed by atoms with E-state index < -0.39 is 24.6 Å². The molecule has 0 heterocycles. The summed E-state index contributed by atoms with van der Waals surface area (Å²) in [6.45, 7) is 7.94. The third-order valence-electron chi connectivity index (χ3n) is 6.78. The van der Waals surface area contributed by atoms with E-state index in [-0.39, 0.29) is 0 Å². The third-order valence-corrected chi connectivity index (χ3v) is 15.5. The van der Waals surface area contributed by atoms with Gasteiger partial charge in [-0.1, -0.05) is 121 Å². The Morgan fingerprint density at radius 3 is 1.00 bits per heavy atom. The summed E-state index contributed by atoms with van der Waals surface area (Å²) in [6.07, 6.45) is 2.12. The van der Waals surface area contributed by atoms with Gasteiger partial charge in [0.1, 0.15) is 0 Å². The normalized spacial score (nSPS) is 11.9. The first kappa shape index (κ1) is 30.8. The van der Waals surface area contributed by atoms with Gasteiger partial charge in [-0.2, -0.15) is 0 Å². The number of benzene rings is 4. The van der Waals surface area contributed by atoms with Gasteiger partial charge in [-0.25, -0.2) is 0 Å². The van der Waals surface area contributed by atoms with Crippen LogP contribution in [0.5, 0.6) is 0 Å². The molecule has 0 unspecified atom stereocenters. The molecule has 0 saturated heterocycles. The van der Waals surface area contributed by atoms with Crippen molar-refractivity contribution in [3.63, 3.8) is 0 Å². The summed E-state index contributed by atoms with van der Waals surface area (Å²) in [4.78, 5) is 0. The first-order chi connectivity index (χ1) is 19.7. The van der Waals surface area contributed by atoms with Crippen LogP contribution in [-0.4, -0.2) is 40.9 Å². The topological polar surface area (TPSA) is 27.7 Å². The largest absolute Gasteiger partial charge is 0.501 e. The van der Waals surface area contributed by atoms with E-state index in [1.54, 1.807) is 0 Å². The Hall–Kier alpha value is -2.16. The van der Waals surface area contributed by atoms with Gasteiger partial charge in [0.25, 0.3) is 0 Å². The minimum absolute atomic E-state index is 0.356. The van der Waals surface area contributed by atoms with Crippen LogP contribution in [0.2, 0.25) is 6.04 Å². The summed E-state index contributed by atoms with van der Waals surface area (Å²) < 4.78 is 19.3. The van der Waals surface area contributed by atoms with E-state index >= 15 is 0 Å². The van der Waals surface area contributed by atoms with E-state index in [0.29, 0.717) is 25.7 Å². The molecule has 6 heteroatoms. The summed E-state index contributed by atoms with van der Waals surface area (Å²) in [5.74, 6) is 0.356. The molecule has 0 saturated carbocycles. The average molecular weight is 589 g/mol. The minimum atomic E-state index is -2.88. The lowest BCUT2D eigenvalue weighted by molar-refractivity contribution is 0.0685. The Bertz CT molecular complexity index is 1050. The van der Waals surface area contributed by atoms with Crippen molar-refractivity contribution in [2.24, 2.45) is 5.92 Å². The highest BCUT2D eigenvalue weighted by molar-refractivity contribution is 7.74. The Morgan fingerprint density at radius 2 is 0.750 bits per heavy atom. The van der Waals surface area contributed by atoms with Crippen molar-refractivity contribution in [3.8, 4) is 0 Å². The van der Waals surface area contributed by atoms with E-state index in [1.807, 2.05) is 0 Å². The first-order valence-electron chi connectivity index (χ1n) is 14.3. The first-order valence-corrected chi connectivity index (χ1v) is 19.3. The molecule has 0 radical (unpaired) electrons. The van der Waals surface area contributed by atoms with E-state index in [4.69, 9.17) is 13.3 Å². The maximum atomic E-state index is 6.44. The number of rotatable bonds is 16. The van der Waals surface area contributed by atoms with Crippen LogP contribution in [0.4, 0.5) is 0 Å². The zero-order valence-electron chi connectivity index (χ0n) is 24.0. The van der Waals surface area contributed by atoms with Crippen LogP contribution in [0, 0.1) is 5.92 Å². The van der Waals surface area contributed by atoms with Gasteiger partial charge >= 0.3 is 8.80 Å². The molecule has 4 aromatic carbocycles. The molecule has 4 aromatic rings. The van der Waals surface area contributed by atoms with E-state index in [9.17, 15) is 0 Å². The van der Waals surface area contributed by atoms with Crippen molar-refractivity contribution in [3.05, 3.63) is 121 Å². The van der Waals surface area contributed by atoms with Crippen LogP contribution in [0.15, 0.2) is 121 Å². The summed E-state index contributed by atoms with van der Waals surface area (Å²) in [5.41, 5.74) is 0. The van der Waals surface area contributed by atoms with E-state index in [0.717, 1.165) is 18.4 Å². The molecule has 0 N–H and O–H groups in total. The van der Waals surface area contributed by atoms with Crippen molar-refractivity contribution in [2.75, 3.05) is 32.1 Å². The zero-order chi connectivity index (χ0) is 28.0. The van der Waals surface area contributed by atoms with Gasteiger partial charge in [0.15, 0.2) is 0 Å².